The largest absolute Gasteiger partial charge is 0.462 e. The number of hydrogen-bond acceptors (Lipinski definition) is 2. The Labute approximate surface area is 82.3 Å². The molecular weight excluding hydrogens is 178 g/mol. The molecule has 1 unspecified atom stereocenters. The van der Waals surface area contributed by atoms with Crippen LogP contribution in [0.1, 0.15) is 6.92 Å². The van der Waals surface area contributed by atoms with E-state index in [0.717, 1.165) is 10.9 Å². The predicted molar refractivity (Wildman–Crippen MR) is 54.9 cm³/mol. The first-order valence-corrected chi connectivity index (χ1v) is 4.39. The molecule has 0 spiro atoms. The number of benzene rings is 1. The van der Waals surface area contributed by atoms with Crippen LogP contribution in [0.15, 0.2) is 30.5 Å². The van der Waals surface area contributed by atoms with E-state index in [2.05, 4.69) is 11.9 Å². The van der Waals surface area contributed by atoms with Crippen LogP contribution in [0.5, 0.6) is 5.75 Å². The minimum Gasteiger partial charge on any atom is -0.462 e. The van der Waals surface area contributed by atoms with E-state index in [9.17, 15) is 5.11 Å². The molecule has 2 rings (SSSR count). The first kappa shape index (κ1) is 9.09. The second kappa shape index (κ2) is 3.03. The molecule has 0 saturated heterocycles. The van der Waals surface area contributed by atoms with Crippen molar-refractivity contribution in [1.29, 1.82) is 0 Å². The number of fused-ring (bicyclic) bond motifs is 1. The Morgan fingerprint density at radius 2 is 2.21 bits per heavy atom. The van der Waals surface area contributed by atoms with E-state index in [1.807, 2.05) is 24.4 Å². The molecule has 3 heteroatoms. The SMILES string of the molecule is [CH2]C(C)(O)Oc1cccc2[nH]ccc12. The van der Waals surface area contributed by atoms with Crippen molar-refractivity contribution in [2.45, 2.75) is 12.7 Å². The lowest BCUT2D eigenvalue weighted by molar-refractivity contribution is -0.0793. The minimum atomic E-state index is -1.40. The van der Waals surface area contributed by atoms with E-state index in [4.69, 9.17) is 4.74 Å². The van der Waals surface area contributed by atoms with Gasteiger partial charge < -0.3 is 14.8 Å². The standard InChI is InChI=1S/C11H12NO2/c1-11(2,13)14-10-5-3-4-9-8(10)6-7-12-9/h3-7,12-13H,1H2,2H3. The minimum absolute atomic E-state index is 0.628. The van der Waals surface area contributed by atoms with Gasteiger partial charge in [-0.25, -0.2) is 0 Å². The summed E-state index contributed by atoms with van der Waals surface area (Å²) in [6, 6.07) is 7.51. The molecule has 73 valence electrons. The van der Waals surface area contributed by atoms with E-state index in [1.165, 1.54) is 6.92 Å². The molecule has 0 amide bonds. The lowest BCUT2D eigenvalue weighted by Gasteiger charge is -2.19. The van der Waals surface area contributed by atoms with Crippen molar-refractivity contribution < 1.29 is 9.84 Å². The molecule has 1 atom stereocenters. The number of hydrogen-bond donors (Lipinski definition) is 2. The van der Waals surface area contributed by atoms with Gasteiger partial charge in [0.1, 0.15) is 5.75 Å². The molecule has 1 aromatic carbocycles. The van der Waals surface area contributed by atoms with Gasteiger partial charge >= 0.3 is 0 Å². The Kier molecular flexibility index (Phi) is 1.97. The molecule has 0 aliphatic rings. The van der Waals surface area contributed by atoms with Gasteiger partial charge in [0.15, 0.2) is 0 Å². The lowest BCUT2D eigenvalue weighted by atomic mass is 10.2. The molecule has 1 aromatic heterocycles. The Morgan fingerprint density at radius 3 is 2.93 bits per heavy atom. The molecule has 2 aromatic rings. The molecule has 1 heterocycles. The Bertz CT molecular complexity index is 440. The summed E-state index contributed by atoms with van der Waals surface area (Å²) in [6.45, 7) is 4.98. The van der Waals surface area contributed by atoms with E-state index in [-0.39, 0.29) is 0 Å². The van der Waals surface area contributed by atoms with Crippen LogP contribution in [0.4, 0.5) is 0 Å². The fraction of sp³-hybridized carbons (Fsp3) is 0.182. The predicted octanol–water partition coefficient (Wildman–Crippen LogP) is 2.09. The smallest absolute Gasteiger partial charge is 0.205 e. The van der Waals surface area contributed by atoms with Crippen molar-refractivity contribution in [3.05, 3.63) is 37.4 Å². The molecule has 0 aliphatic heterocycles. The summed E-state index contributed by atoms with van der Waals surface area (Å²) < 4.78 is 5.30. The molecule has 1 radical (unpaired) electrons. The van der Waals surface area contributed by atoms with Gasteiger partial charge in [-0.1, -0.05) is 6.07 Å². The number of aromatic nitrogens is 1. The highest BCUT2D eigenvalue weighted by Gasteiger charge is 2.15. The quantitative estimate of drug-likeness (QED) is 0.712. The zero-order valence-corrected chi connectivity index (χ0v) is 7.95. The van der Waals surface area contributed by atoms with Crippen LogP contribution in [0, 0.1) is 6.92 Å². The second-order valence-corrected chi connectivity index (χ2v) is 3.47. The second-order valence-electron chi connectivity index (χ2n) is 3.47. The van der Waals surface area contributed by atoms with Crippen LogP contribution in [-0.2, 0) is 0 Å². The summed E-state index contributed by atoms with van der Waals surface area (Å²) in [5.41, 5.74) is 0.978. The fourth-order valence-corrected chi connectivity index (χ4v) is 1.38. The summed E-state index contributed by atoms with van der Waals surface area (Å²) in [7, 11) is 0. The fourth-order valence-electron chi connectivity index (χ4n) is 1.38. The third-order valence-electron chi connectivity index (χ3n) is 1.88. The number of rotatable bonds is 2. The number of H-pyrrole nitrogens is 1. The molecule has 14 heavy (non-hydrogen) atoms. The van der Waals surface area contributed by atoms with Gasteiger partial charge in [-0.15, -0.1) is 0 Å². The normalized spacial score (nSPS) is 11.9. The first-order chi connectivity index (χ1) is 6.56. The molecule has 0 fully saturated rings. The third kappa shape index (κ3) is 1.72. The van der Waals surface area contributed by atoms with Crippen molar-refractivity contribution >= 4 is 10.9 Å². The van der Waals surface area contributed by atoms with Crippen molar-refractivity contribution in [2.75, 3.05) is 0 Å². The summed E-state index contributed by atoms with van der Waals surface area (Å²) in [4.78, 5) is 3.06. The van der Waals surface area contributed by atoms with Crippen molar-refractivity contribution in [2.24, 2.45) is 0 Å². The summed E-state index contributed by atoms with van der Waals surface area (Å²) in [5, 5.41) is 10.4. The maximum absolute atomic E-state index is 9.42. The topological polar surface area (TPSA) is 45.2 Å². The zero-order valence-electron chi connectivity index (χ0n) is 7.95. The number of aliphatic hydroxyl groups is 1. The zero-order chi connectivity index (χ0) is 10.2. The van der Waals surface area contributed by atoms with E-state index in [0.29, 0.717) is 5.75 Å². The molecule has 0 bridgehead atoms. The van der Waals surface area contributed by atoms with Crippen LogP contribution in [0.2, 0.25) is 0 Å². The van der Waals surface area contributed by atoms with E-state index in [1.54, 1.807) is 6.07 Å². The van der Waals surface area contributed by atoms with Crippen LogP contribution in [0.25, 0.3) is 10.9 Å². The maximum atomic E-state index is 9.42. The van der Waals surface area contributed by atoms with Crippen LogP contribution >= 0.6 is 0 Å². The van der Waals surface area contributed by atoms with Crippen molar-refractivity contribution in [3.63, 3.8) is 0 Å². The molecule has 0 aliphatic carbocycles. The van der Waals surface area contributed by atoms with Gasteiger partial charge in [-0.3, -0.25) is 0 Å². The summed E-state index contributed by atoms with van der Waals surface area (Å²) in [6.07, 6.45) is 1.83. The van der Waals surface area contributed by atoms with Crippen LogP contribution in [0.3, 0.4) is 0 Å². The Hall–Kier alpha value is -1.48. The molecule has 3 nitrogen and oxygen atoms in total. The van der Waals surface area contributed by atoms with Gasteiger partial charge in [0.2, 0.25) is 5.79 Å². The van der Waals surface area contributed by atoms with Crippen molar-refractivity contribution in [3.8, 4) is 5.75 Å². The molecule has 0 saturated carbocycles. The van der Waals surface area contributed by atoms with Crippen LogP contribution in [-0.4, -0.2) is 15.9 Å². The third-order valence-corrected chi connectivity index (χ3v) is 1.88. The lowest BCUT2D eigenvalue weighted by Crippen LogP contribution is -2.27. The number of ether oxygens (including phenoxy) is 1. The van der Waals surface area contributed by atoms with Gasteiger partial charge in [-0.05, 0) is 18.2 Å². The average molecular weight is 190 g/mol. The van der Waals surface area contributed by atoms with Crippen LogP contribution < -0.4 is 4.74 Å². The maximum Gasteiger partial charge on any atom is 0.205 e. The van der Waals surface area contributed by atoms with Gasteiger partial charge in [-0.2, -0.15) is 0 Å². The Balaban J connectivity index is 2.46. The highest BCUT2D eigenvalue weighted by molar-refractivity contribution is 5.85. The highest BCUT2D eigenvalue weighted by atomic mass is 16.6. The monoisotopic (exact) mass is 190 g/mol. The average Bonchev–Trinajstić information content (AvgIpc) is 2.49. The van der Waals surface area contributed by atoms with Gasteiger partial charge in [0.05, 0.1) is 0 Å². The van der Waals surface area contributed by atoms with Gasteiger partial charge in [0, 0.05) is 30.9 Å². The molecule has 2 N–H and O–H groups in total. The van der Waals surface area contributed by atoms with E-state index < -0.39 is 5.79 Å². The number of aromatic amines is 1. The van der Waals surface area contributed by atoms with Crippen molar-refractivity contribution in [1.82, 2.24) is 4.98 Å². The van der Waals surface area contributed by atoms with E-state index >= 15 is 0 Å². The summed E-state index contributed by atoms with van der Waals surface area (Å²) in [5.74, 6) is -0.769. The Morgan fingerprint density at radius 1 is 1.43 bits per heavy atom. The molecular formula is C11H12NO2. The number of nitrogens with one attached hydrogen (secondary N) is 1. The van der Waals surface area contributed by atoms with Gasteiger partial charge in [0.25, 0.3) is 0 Å². The summed E-state index contributed by atoms with van der Waals surface area (Å²) >= 11 is 0. The highest BCUT2D eigenvalue weighted by Crippen LogP contribution is 2.26. The first-order valence-electron chi connectivity index (χ1n) is 4.39.